The molecule has 0 atom stereocenters. The van der Waals surface area contributed by atoms with Crippen molar-refractivity contribution in [2.24, 2.45) is 11.8 Å². The number of benzene rings is 1. The molecule has 1 N–H and O–H groups in total. The van der Waals surface area contributed by atoms with E-state index >= 15 is 0 Å². The number of aryl methyl sites for hydroxylation is 1. The Bertz CT molecular complexity index is 482. The lowest BCUT2D eigenvalue weighted by atomic mass is 10.1. The molecule has 122 valence electrons. The smallest absolute Gasteiger partial charge is 0.313 e. The molecule has 2 amide bonds. The molecule has 4 heteroatoms. The second-order valence-corrected chi connectivity index (χ2v) is 6.50. The van der Waals surface area contributed by atoms with Gasteiger partial charge in [-0.3, -0.25) is 9.59 Å². The Morgan fingerprint density at radius 1 is 1.00 bits per heavy atom. The summed E-state index contributed by atoms with van der Waals surface area (Å²) in [5.74, 6) is -0.355. The summed E-state index contributed by atoms with van der Waals surface area (Å²) in [6, 6.07) is 7.58. The first-order valence-electron chi connectivity index (χ1n) is 8.02. The van der Waals surface area contributed by atoms with Crippen LogP contribution in [0.15, 0.2) is 24.3 Å². The normalized spacial score (nSPS) is 10.9. The molecule has 0 heterocycles. The van der Waals surface area contributed by atoms with Crippen molar-refractivity contribution in [1.29, 1.82) is 0 Å². The zero-order chi connectivity index (χ0) is 16.7. The molecule has 0 aromatic heterocycles. The van der Waals surface area contributed by atoms with Gasteiger partial charge in [0.25, 0.3) is 0 Å². The molecule has 0 unspecified atom stereocenters. The van der Waals surface area contributed by atoms with Gasteiger partial charge in [-0.25, -0.2) is 0 Å². The summed E-state index contributed by atoms with van der Waals surface area (Å²) in [6.07, 6.45) is 0.948. The van der Waals surface area contributed by atoms with E-state index in [0.717, 1.165) is 6.42 Å². The maximum atomic E-state index is 12.4. The molecule has 0 aliphatic carbocycles. The number of anilines is 1. The van der Waals surface area contributed by atoms with Crippen molar-refractivity contribution in [1.82, 2.24) is 4.90 Å². The van der Waals surface area contributed by atoms with Gasteiger partial charge in [0, 0.05) is 18.8 Å². The zero-order valence-corrected chi connectivity index (χ0v) is 14.3. The minimum Gasteiger partial charge on any atom is -0.334 e. The Morgan fingerprint density at radius 2 is 1.50 bits per heavy atom. The third-order valence-electron chi connectivity index (χ3n) is 3.27. The Morgan fingerprint density at radius 3 is 1.91 bits per heavy atom. The van der Waals surface area contributed by atoms with E-state index in [2.05, 4.69) is 12.2 Å². The van der Waals surface area contributed by atoms with Gasteiger partial charge >= 0.3 is 11.8 Å². The van der Waals surface area contributed by atoms with E-state index in [9.17, 15) is 9.59 Å². The van der Waals surface area contributed by atoms with Gasteiger partial charge in [0.2, 0.25) is 0 Å². The molecule has 0 radical (unpaired) electrons. The van der Waals surface area contributed by atoms with Gasteiger partial charge in [0.15, 0.2) is 0 Å². The van der Waals surface area contributed by atoms with E-state index in [1.807, 2.05) is 52.0 Å². The SMILES string of the molecule is CCc1ccc(NC(=O)C(=O)N(CC(C)C)CC(C)C)cc1. The van der Waals surface area contributed by atoms with Crippen LogP contribution >= 0.6 is 0 Å². The van der Waals surface area contributed by atoms with E-state index in [0.29, 0.717) is 30.6 Å². The van der Waals surface area contributed by atoms with Crippen LogP contribution in [0.25, 0.3) is 0 Å². The van der Waals surface area contributed by atoms with Gasteiger partial charge < -0.3 is 10.2 Å². The third-order valence-corrected chi connectivity index (χ3v) is 3.27. The highest BCUT2D eigenvalue weighted by Gasteiger charge is 2.23. The summed E-state index contributed by atoms with van der Waals surface area (Å²) in [6.45, 7) is 11.4. The van der Waals surface area contributed by atoms with E-state index in [4.69, 9.17) is 0 Å². The number of nitrogens with one attached hydrogen (secondary N) is 1. The Labute approximate surface area is 133 Å². The monoisotopic (exact) mass is 304 g/mol. The van der Waals surface area contributed by atoms with Gasteiger partial charge in [-0.2, -0.15) is 0 Å². The summed E-state index contributed by atoms with van der Waals surface area (Å²) in [4.78, 5) is 26.2. The largest absolute Gasteiger partial charge is 0.334 e. The predicted molar refractivity (Wildman–Crippen MR) is 90.7 cm³/mol. The predicted octanol–water partition coefficient (Wildman–Crippen LogP) is 3.33. The summed E-state index contributed by atoms with van der Waals surface area (Å²) in [5.41, 5.74) is 1.86. The molecule has 0 saturated carbocycles. The molecular weight excluding hydrogens is 276 g/mol. The summed E-state index contributed by atoms with van der Waals surface area (Å²) in [5, 5.41) is 2.69. The topological polar surface area (TPSA) is 49.4 Å². The fourth-order valence-corrected chi connectivity index (χ4v) is 2.27. The van der Waals surface area contributed by atoms with Crippen molar-refractivity contribution in [3.05, 3.63) is 29.8 Å². The van der Waals surface area contributed by atoms with Gasteiger partial charge in [0.1, 0.15) is 0 Å². The fourth-order valence-electron chi connectivity index (χ4n) is 2.27. The Kier molecular flexibility index (Phi) is 7.09. The summed E-state index contributed by atoms with van der Waals surface area (Å²) >= 11 is 0. The van der Waals surface area contributed by atoms with Crippen molar-refractivity contribution in [3.8, 4) is 0 Å². The zero-order valence-electron chi connectivity index (χ0n) is 14.3. The highest BCUT2D eigenvalue weighted by atomic mass is 16.2. The third kappa shape index (κ3) is 5.88. The van der Waals surface area contributed by atoms with Gasteiger partial charge in [-0.05, 0) is 36.0 Å². The van der Waals surface area contributed by atoms with Gasteiger partial charge in [-0.1, -0.05) is 46.8 Å². The summed E-state index contributed by atoms with van der Waals surface area (Å²) in [7, 11) is 0. The molecule has 1 rings (SSSR count). The van der Waals surface area contributed by atoms with Crippen LogP contribution in [0.5, 0.6) is 0 Å². The second kappa shape index (κ2) is 8.57. The minimum absolute atomic E-state index is 0.333. The van der Waals surface area contributed by atoms with Crippen molar-refractivity contribution < 1.29 is 9.59 Å². The molecule has 22 heavy (non-hydrogen) atoms. The number of carbonyl (C=O) groups excluding carboxylic acids is 2. The molecule has 0 saturated heterocycles. The average molecular weight is 304 g/mol. The lowest BCUT2D eigenvalue weighted by Crippen LogP contribution is -2.43. The Balaban J connectivity index is 2.72. The maximum absolute atomic E-state index is 12.4. The number of hydrogen-bond acceptors (Lipinski definition) is 2. The number of rotatable bonds is 6. The first kappa shape index (κ1) is 18.2. The highest BCUT2D eigenvalue weighted by molar-refractivity contribution is 6.39. The summed E-state index contributed by atoms with van der Waals surface area (Å²) < 4.78 is 0. The van der Waals surface area contributed by atoms with Crippen molar-refractivity contribution in [2.45, 2.75) is 41.0 Å². The van der Waals surface area contributed by atoms with E-state index in [1.165, 1.54) is 5.56 Å². The second-order valence-electron chi connectivity index (χ2n) is 6.50. The van der Waals surface area contributed by atoms with E-state index in [-0.39, 0.29) is 0 Å². The number of nitrogens with zero attached hydrogens (tertiary/aromatic N) is 1. The van der Waals surface area contributed by atoms with Crippen LogP contribution in [0, 0.1) is 11.8 Å². The van der Waals surface area contributed by atoms with Crippen molar-refractivity contribution in [2.75, 3.05) is 18.4 Å². The van der Waals surface area contributed by atoms with Crippen LogP contribution in [0.1, 0.15) is 40.2 Å². The lowest BCUT2D eigenvalue weighted by Gasteiger charge is -2.25. The first-order valence-corrected chi connectivity index (χ1v) is 8.02. The van der Waals surface area contributed by atoms with Crippen molar-refractivity contribution in [3.63, 3.8) is 0 Å². The van der Waals surface area contributed by atoms with Crippen LogP contribution in [-0.2, 0) is 16.0 Å². The minimum atomic E-state index is -0.564. The van der Waals surface area contributed by atoms with Crippen molar-refractivity contribution >= 4 is 17.5 Å². The quantitative estimate of drug-likeness (QED) is 0.820. The molecule has 0 aliphatic heterocycles. The number of amides is 2. The molecule has 0 spiro atoms. The molecule has 1 aromatic rings. The molecule has 4 nitrogen and oxygen atoms in total. The van der Waals surface area contributed by atoms with Crippen LogP contribution in [0.4, 0.5) is 5.69 Å². The van der Waals surface area contributed by atoms with Crippen LogP contribution in [-0.4, -0.2) is 29.8 Å². The van der Waals surface area contributed by atoms with Gasteiger partial charge in [-0.15, -0.1) is 0 Å². The fraction of sp³-hybridized carbons (Fsp3) is 0.556. The Hall–Kier alpha value is -1.84. The number of carbonyl (C=O) groups is 2. The molecular formula is C18H28N2O2. The van der Waals surface area contributed by atoms with Crippen LogP contribution in [0.3, 0.4) is 0 Å². The molecule has 1 aromatic carbocycles. The lowest BCUT2D eigenvalue weighted by molar-refractivity contribution is -0.143. The molecule has 0 fully saturated rings. The maximum Gasteiger partial charge on any atom is 0.313 e. The van der Waals surface area contributed by atoms with Crippen LogP contribution in [0.2, 0.25) is 0 Å². The standard InChI is InChI=1S/C18H28N2O2/c1-6-15-7-9-16(10-8-15)19-17(21)18(22)20(11-13(2)3)12-14(4)5/h7-10,13-14H,6,11-12H2,1-5H3,(H,19,21). The van der Waals surface area contributed by atoms with Gasteiger partial charge in [0.05, 0.1) is 0 Å². The highest BCUT2D eigenvalue weighted by Crippen LogP contribution is 2.11. The average Bonchev–Trinajstić information content (AvgIpc) is 2.45. The molecule has 0 bridgehead atoms. The van der Waals surface area contributed by atoms with E-state index < -0.39 is 11.8 Å². The number of hydrogen-bond donors (Lipinski definition) is 1. The van der Waals surface area contributed by atoms with E-state index in [1.54, 1.807) is 4.90 Å². The van der Waals surface area contributed by atoms with Crippen LogP contribution < -0.4 is 5.32 Å². The molecule has 0 aliphatic rings. The first-order chi connectivity index (χ1) is 10.3.